The van der Waals surface area contributed by atoms with Crippen LogP contribution in [0.3, 0.4) is 0 Å². The van der Waals surface area contributed by atoms with E-state index in [0.29, 0.717) is 5.56 Å². The number of carbonyl (C=O) groups excluding carboxylic acids is 2. The average Bonchev–Trinajstić information content (AvgIpc) is 4.15. The van der Waals surface area contributed by atoms with Crippen molar-refractivity contribution in [1.82, 2.24) is 9.97 Å². The first-order valence-electron chi connectivity index (χ1n) is 24.5. The second kappa shape index (κ2) is 17.1. The minimum Gasteiger partial charge on any atom is -0.354 e. The molecule has 0 radical (unpaired) electrons. The van der Waals surface area contributed by atoms with Crippen molar-refractivity contribution in [3.8, 4) is 0 Å². The first kappa shape index (κ1) is 40.6. The number of H-pyrrole nitrogens is 2. The van der Waals surface area contributed by atoms with Gasteiger partial charge in [0.15, 0.2) is 0 Å². The van der Waals surface area contributed by atoms with Crippen molar-refractivity contribution in [1.29, 1.82) is 0 Å². The highest BCUT2D eigenvalue weighted by Gasteiger charge is 2.37. The van der Waals surface area contributed by atoms with Crippen LogP contribution in [0.15, 0.2) is 159 Å². The van der Waals surface area contributed by atoms with E-state index < -0.39 is 0 Å². The quantitative estimate of drug-likeness (QED) is 0.149. The van der Waals surface area contributed by atoms with E-state index in [-0.39, 0.29) is 11.7 Å². The van der Waals surface area contributed by atoms with Crippen LogP contribution in [0.5, 0.6) is 0 Å². The molecule has 326 valence electrons. The molecule has 0 fully saturated rings. The van der Waals surface area contributed by atoms with E-state index in [0.717, 1.165) is 186 Å². The predicted molar refractivity (Wildman–Crippen MR) is 265 cm³/mol. The smallest absolute Gasteiger partial charge is 0.273 e. The maximum absolute atomic E-state index is 14.4. The van der Waals surface area contributed by atoms with Crippen LogP contribution in [0.4, 0.5) is 0 Å². The Labute approximate surface area is 386 Å². The number of nitrogens with one attached hydrogen (secondary N) is 2. The van der Waals surface area contributed by atoms with E-state index in [1.807, 2.05) is 30.3 Å². The summed E-state index contributed by atoms with van der Waals surface area (Å²) in [4.78, 5) is 46.9. The summed E-state index contributed by atoms with van der Waals surface area (Å²) in [5.41, 5.74) is 21.8. The zero-order valence-electron chi connectivity index (χ0n) is 37.6. The van der Waals surface area contributed by atoms with Crippen LogP contribution in [0.25, 0.3) is 16.7 Å². The number of amides is 1. The molecule has 0 saturated heterocycles. The molecule has 2 aliphatic heterocycles. The number of nitrogens with zero attached hydrogens (tertiary/aromatic N) is 2. The Bertz CT molecular complexity index is 3250. The van der Waals surface area contributed by atoms with Crippen molar-refractivity contribution >= 4 is 39.8 Å². The first-order chi connectivity index (χ1) is 32.6. The molecule has 6 nitrogen and oxygen atoms in total. The molecule has 66 heavy (non-hydrogen) atoms. The number of hydrogen-bond acceptors (Lipinski definition) is 3. The second-order valence-electron chi connectivity index (χ2n) is 18.9. The summed E-state index contributed by atoms with van der Waals surface area (Å²) in [6, 6.07) is 42.1. The van der Waals surface area contributed by atoms with Gasteiger partial charge >= 0.3 is 0 Å². The molecule has 4 aliphatic carbocycles. The SMILES string of the molecule is O=C1N=C(/C(=C2N=C(/C(c3ccccc3)=c3\[nH]/c(=C(\c4ccccc4)c4[nH]c(C(=O)c5ccccc5)c5c4CCCC5)c4c3CCCC4)C3=C\2CCCC3)c2ccccc2)C2=C1CCCC2. The first-order valence-corrected chi connectivity index (χ1v) is 24.5. The maximum atomic E-state index is 14.4. The van der Waals surface area contributed by atoms with Crippen LogP contribution >= 0.6 is 0 Å². The van der Waals surface area contributed by atoms with Gasteiger partial charge in [-0.25, -0.2) is 9.98 Å². The van der Waals surface area contributed by atoms with Crippen molar-refractivity contribution in [2.24, 2.45) is 9.98 Å². The van der Waals surface area contributed by atoms with E-state index in [1.165, 1.54) is 33.4 Å². The summed E-state index contributed by atoms with van der Waals surface area (Å²) >= 11 is 0. The van der Waals surface area contributed by atoms with E-state index in [1.54, 1.807) is 0 Å². The number of fused-ring (bicyclic) bond motifs is 2. The van der Waals surface area contributed by atoms with E-state index in [2.05, 4.69) is 101 Å². The Morgan fingerprint density at radius 3 is 1.36 bits per heavy atom. The van der Waals surface area contributed by atoms with Gasteiger partial charge in [-0.15, -0.1) is 0 Å². The molecule has 0 bridgehead atoms. The molecule has 0 atom stereocenters. The molecule has 4 aromatic carbocycles. The summed E-state index contributed by atoms with van der Waals surface area (Å²) < 4.78 is 0. The molecule has 0 saturated carbocycles. The Hall–Kier alpha value is -6.92. The third-order valence-electron chi connectivity index (χ3n) is 15.0. The Kier molecular flexibility index (Phi) is 10.5. The summed E-state index contributed by atoms with van der Waals surface area (Å²) in [5, 5.41) is 2.28. The third kappa shape index (κ3) is 6.92. The zero-order valence-corrected chi connectivity index (χ0v) is 37.6. The van der Waals surface area contributed by atoms with Crippen molar-refractivity contribution in [2.75, 3.05) is 0 Å². The van der Waals surface area contributed by atoms with Gasteiger partial charge in [-0.2, -0.15) is 0 Å². The summed E-state index contributed by atoms with van der Waals surface area (Å²) in [6.45, 7) is 0. The molecule has 2 N–H and O–H groups in total. The van der Waals surface area contributed by atoms with E-state index in [9.17, 15) is 9.59 Å². The summed E-state index contributed by atoms with van der Waals surface area (Å²) in [6.07, 6.45) is 16.0. The van der Waals surface area contributed by atoms with Gasteiger partial charge in [-0.05, 0) is 158 Å². The van der Waals surface area contributed by atoms with Crippen LogP contribution in [0.2, 0.25) is 0 Å². The highest BCUT2D eigenvalue weighted by Crippen LogP contribution is 2.46. The Morgan fingerprint density at radius 1 is 0.379 bits per heavy atom. The maximum Gasteiger partial charge on any atom is 0.273 e. The molecule has 6 aliphatic rings. The lowest BCUT2D eigenvalue weighted by molar-refractivity contribution is -0.114. The summed E-state index contributed by atoms with van der Waals surface area (Å²) in [7, 11) is 0. The Balaban J connectivity index is 1.17. The molecule has 2 aromatic heterocycles. The van der Waals surface area contributed by atoms with Gasteiger partial charge in [-0.3, -0.25) is 9.59 Å². The highest BCUT2D eigenvalue weighted by molar-refractivity contribution is 6.41. The fraction of sp³-hybridized carbons (Fsp3) is 0.267. The normalized spacial score (nSPS) is 19.7. The van der Waals surface area contributed by atoms with Gasteiger partial charge in [0, 0.05) is 27.9 Å². The van der Waals surface area contributed by atoms with Gasteiger partial charge in [0.2, 0.25) is 5.78 Å². The van der Waals surface area contributed by atoms with Crippen LogP contribution in [-0.2, 0) is 30.5 Å². The number of ketones is 1. The molecule has 1 amide bonds. The fourth-order valence-electron chi connectivity index (χ4n) is 12.0. The van der Waals surface area contributed by atoms with Crippen molar-refractivity contribution in [3.63, 3.8) is 0 Å². The topological polar surface area (TPSA) is 90.4 Å². The fourth-order valence-corrected chi connectivity index (χ4v) is 12.0. The van der Waals surface area contributed by atoms with Crippen LogP contribution in [0.1, 0.15) is 138 Å². The minimum absolute atomic E-state index is 0.0554. The number of aliphatic imine (C=N–C) groups is 2. The number of allylic oxidation sites excluding steroid dienone is 4. The average molecular weight is 863 g/mol. The minimum atomic E-state index is -0.0683. The van der Waals surface area contributed by atoms with Gasteiger partial charge in [0.05, 0.1) is 39.2 Å². The number of aromatic nitrogens is 2. The standard InChI is InChI=1S/C60H54N4O2/c65-59(40-27-11-4-12-28-40)58-46-34-18-17-33-45(46)56(63-58)50(38-23-7-2-8-24-38)54-42-30-14-13-29-41(42)52(61-54)49(37-21-5-1-6-22-37)53-43-31-15-16-32-44(43)55(62-53)51(39-25-9-3-10-26-39)57-47-35-19-20-36-48(47)60(66)64-57/h1-12,21-28,61,63H,13-20,29-36H2/b52-49-,54-50+,55-51-. The second-order valence-corrected chi connectivity index (χ2v) is 18.9. The molecule has 6 heteroatoms. The molecule has 0 spiro atoms. The zero-order chi connectivity index (χ0) is 44.1. The Morgan fingerprint density at radius 2 is 0.788 bits per heavy atom. The van der Waals surface area contributed by atoms with Gasteiger partial charge in [0.25, 0.3) is 5.91 Å². The number of hydrogen-bond donors (Lipinski definition) is 2. The molecule has 6 aromatic rings. The van der Waals surface area contributed by atoms with Crippen LogP contribution < -0.4 is 10.7 Å². The number of aromatic amines is 2. The number of carbonyl (C=O) groups is 2. The van der Waals surface area contributed by atoms with Crippen molar-refractivity contribution < 1.29 is 9.59 Å². The largest absolute Gasteiger partial charge is 0.354 e. The van der Waals surface area contributed by atoms with Crippen molar-refractivity contribution in [2.45, 2.75) is 103 Å². The van der Waals surface area contributed by atoms with Crippen LogP contribution in [-0.4, -0.2) is 33.1 Å². The van der Waals surface area contributed by atoms with Crippen LogP contribution in [0, 0.1) is 0 Å². The molecule has 12 rings (SSSR count). The molecular weight excluding hydrogens is 809 g/mol. The highest BCUT2D eigenvalue weighted by atomic mass is 16.1. The van der Waals surface area contributed by atoms with E-state index >= 15 is 0 Å². The third-order valence-corrected chi connectivity index (χ3v) is 15.0. The lowest BCUT2D eigenvalue weighted by Crippen LogP contribution is -2.23. The molecule has 0 unspecified atom stereocenters. The summed E-state index contributed by atoms with van der Waals surface area (Å²) in [5.74, 6) is -0.0130. The van der Waals surface area contributed by atoms with E-state index in [4.69, 9.17) is 9.98 Å². The number of benzene rings is 4. The monoisotopic (exact) mass is 862 g/mol. The van der Waals surface area contributed by atoms with Gasteiger partial charge < -0.3 is 9.97 Å². The van der Waals surface area contributed by atoms with Gasteiger partial charge in [-0.1, -0.05) is 121 Å². The lowest BCUT2D eigenvalue weighted by atomic mass is 9.82. The molecular formula is C60H54N4O2. The van der Waals surface area contributed by atoms with Crippen molar-refractivity contribution in [3.05, 3.63) is 216 Å². The van der Waals surface area contributed by atoms with Gasteiger partial charge in [0.1, 0.15) is 0 Å². The number of rotatable bonds is 8. The molecule has 4 heterocycles. The predicted octanol–water partition coefficient (Wildman–Crippen LogP) is 11.4. The lowest BCUT2D eigenvalue weighted by Gasteiger charge is -2.20.